The lowest BCUT2D eigenvalue weighted by Gasteiger charge is -2.22. The molecule has 1 unspecified atom stereocenters. The lowest BCUT2D eigenvalue weighted by Crippen LogP contribution is -2.40. The Balaban J connectivity index is 2.26. The molecule has 0 aromatic heterocycles. The van der Waals surface area contributed by atoms with Crippen molar-refractivity contribution in [2.45, 2.75) is 38.6 Å². The molecule has 4 heteroatoms. The largest absolute Gasteiger partial charge is 0.497 e. The number of nitrogens with zero attached hydrogens (tertiary/aromatic N) is 1. The Labute approximate surface area is 121 Å². The third kappa shape index (κ3) is 5.50. The van der Waals surface area contributed by atoms with E-state index in [4.69, 9.17) is 14.7 Å². The minimum absolute atomic E-state index is 0.426. The molecule has 0 saturated heterocycles. The summed E-state index contributed by atoms with van der Waals surface area (Å²) >= 11 is 0. The molecule has 1 aromatic carbocycles. The third-order valence-electron chi connectivity index (χ3n) is 3.19. The number of nitrogens with one attached hydrogen (secondary N) is 1. The first-order chi connectivity index (χ1) is 9.63. The van der Waals surface area contributed by atoms with E-state index in [0.29, 0.717) is 6.61 Å². The van der Waals surface area contributed by atoms with Gasteiger partial charge in [-0.3, -0.25) is 5.32 Å². The molecule has 0 aliphatic rings. The van der Waals surface area contributed by atoms with Crippen molar-refractivity contribution in [2.75, 3.05) is 20.3 Å². The van der Waals surface area contributed by atoms with Crippen LogP contribution >= 0.6 is 0 Å². The Kier molecular flexibility index (Phi) is 6.89. The Morgan fingerprint density at radius 2 is 2.05 bits per heavy atom. The highest BCUT2D eigenvalue weighted by molar-refractivity contribution is 5.32. The summed E-state index contributed by atoms with van der Waals surface area (Å²) in [6.07, 6.45) is 2.72. The van der Waals surface area contributed by atoms with Gasteiger partial charge in [0, 0.05) is 6.07 Å². The second-order valence-electron chi connectivity index (χ2n) is 4.96. The number of benzene rings is 1. The zero-order valence-electron chi connectivity index (χ0n) is 12.6. The summed E-state index contributed by atoms with van der Waals surface area (Å²) < 4.78 is 10.8. The van der Waals surface area contributed by atoms with Crippen molar-refractivity contribution >= 4 is 0 Å². The predicted octanol–water partition coefficient (Wildman–Crippen LogP) is 3.14. The summed E-state index contributed by atoms with van der Waals surface area (Å²) in [5.41, 5.74) is -0.426. The molecule has 1 N–H and O–H groups in total. The smallest absolute Gasteiger partial charge is 0.122 e. The van der Waals surface area contributed by atoms with Gasteiger partial charge in [-0.2, -0.15) is 5.26 Å². The molecule has 0 bridgehead atoms. The first-order valence-corrected chi connectivity index (χ1v) is 7.06. The van der Waals surface area contributed by atoms with Gasteiger partial charge in [-0.05, 0) is 44.9 Å². The molecule has 0 amide bonds. The molecule has 0 spiro atoms. The molecule has 1 atom stereocenters. The maximum absolute atomic E-state index is 9.15. The lowest BCUT2D eigenvalue weighted by atomic mass is 9.97. The van der Waals surface area contributed by atoms with Crippen LogP contribution in [0.1, 0.15) is 33.1 Å². The minimum Gasteiger partial charge on any atom is -0.497 e. The predicted molar refractivity (Wildman–Crippen MR) is 80.0 cm³/mol. The van der Waals surface area contributed by atoms with Crippen molar-refractivity contribution in [2.24, 2.45) is 0 Å². The topological polar surface area (TPSA) is 54.3 Å². The number of hydrogen-bond donors (Lipinski definition) is 1. The molecular formula is C16H24N2O2. The van der Waals surface area contributed by atoms with E-state index < -0.39 is 5.54 Å². The van der Waals surface area contributed by atoms with Crippen molar-refractivity contribution in [1.82, 2.24) is 5.32 Å². The van der Waals surface area contributed by atoms with Crippen molar-refractivity contribution in [3.63, 3.8) is 0 Å². The molecule has 0 fully saturated rings. The van der Waals surface area contributed by atoms with E-state index >= 15 is 0 Å². The number of hydrogen-bond acceptors (Lipinski definition) is 4. The van der Waals surface area contributed by atoms with Crippen LogP contribution in [0, 0.1) is 11.3 Å². The summed E-state index contributed by atoms with van der Waals surface area (Å²) in [5.74, 6) is 1.62. The fourth-order valence-corrected chi connectivity index (χ4v) is 2.04. The number of unbranched alkanes of at least 4 members (excludes halogenated alkanes) is 1. The lowest BCUT2D eigenvalue weighted by molar-refractivity contribution is 0.294. The van der Waals surface area contributed by atoms with Gasteiger partial charge in [0.25, 0.3) is 0 Å². The standard InChI is InChI=1S/C16H24N2O2/c1-4-18-16(2,13-17)10-5-6-11-20-15-9-7-8-14(12-15)19-3/h7-9,12,18H,4-6,10-11H2,1-3H3. The second kappa shape index (κ2) is 8.44. The van der Waals surface area contributed by atoms with Crippen molar-refractivity contribution in [1.29, 1.82) is 5.26 Å². The molecule has 110 valence electrons. The summed E-state index contributed by atoms with van der Waals surface area (Å²) in [4.78, 5) is 0. The Morgan fingerprint density at radius 1 is 1.30 bits per heavy atom. The molecule has 0 heterocycles. The molecule has 0 radical (unpaired) electrons. The Hall–Kier alpha value is -1.73. The average molecular weight is 276 g/mol. The minimum atomic E-state index is -0.426. The maximum Gasteiger partial charge on any atom is 0.122 e. The molecular weight excluding hydrogens is 252 g/mol. The van der Waals surface area contributed by atoms with Crippen LogP contribution in [0.2, 0.25) is 0 Å². The Morgan fingerprint density at radius 3 is 2.70 bits per heavy atom. The van der Waals surface area contributed by atoms with Crippen LogP contribution < -0.4 is 14.8 Å². The normalized spacial score (nSPS) is 13.3. The van der Waals surface area contributed by atoms with E-state index in [0.717, 1.165) is 37.3 Å². The van der Waals surface area contributed by atoms with Crippen LogP contribution in [-0.4, -0.2) is 25.8 Å². The zero-order chi connectivity index (χ0) is 14.8. The van der Waals surface area contributed by atoms with Gasteiger partial charge in [0.1, 0.15) is 17.0 Å². The first-order valence-electron chi connectivity index (χ1n) is 7.06. The van der Waals surface area contributed by atoms with E-state index in [9.17, 15) is 0 Å². The van der Waals surface area contributed by atoms with E-state index in [1.165, 1.54) is 0 Å². The quantitative estimate of drug-likeness (QED) is 0.704. The number of methoxy groups -OCH3 is 1. The van der Waals surface area contributed by atoms with Crippen LogP contribution in [0.4, 0.5) is 0 Å². The van der Waals surface area contributed by atoms with E-state index in [1.807, 2.05) is 38.1 Å². The van der Waals surface area contributed by atoms with Gasteiger partial charge in [-0.25, -0.2) is 0 Å². The van der Waals surface area contributed by atoms with E-state index in [1.54, 1.807) is 7.11 Å². The highest BCUT2D eigenvalue weighted by Crippen LogP contribution is 2.19. The van der Waals surface area contributed by atoms with Crippen molar-refractivity contribution in [3.8, 4) is 17.6 Å². The molecule has 0 aliphatic carbocycles. The monoisotopic (exact) mass is 276 g/mol. The zero-order valence-corrected chi connectivity index (χ0v) is 12.6. The van der Waals surface area contributed by atoms with Gasteiger partial charge < -0.3 is 9.47 Å². The number of nitriles is 1. The fourth-order valence-electron chi connectivity index (χ4n) is 2.04. The molecule has 20 heavy (non-hydrogen) atoms. The van der Waals surface area contributed by atoms with Gasteiger partial charge in [0.2, 0.25) is 0 Å². The molecule has 4 nitrogen and oxygen atoms in total. The number of rotatable bonds is 9. The van der Waals surface area contributed by atoms with Crippen LogP contribution in [0.5, 0.6) is 11.5 Å². The Bertz CT molecular complexity index is 442. The van der Waals surface area contributed by atoms with Crippen LogP contribution in [0.3, 0.4) is 0 Å². The van der Waals surface area contributed by atoms with Crippen LogP contribution in [-0.2, 0) is 0 Å². The number of ether oxygens (including phenoxy) is 2. The van der Waals surface area contributed by atoms with Crippen LogP contribution in [0.15, 0.2) is 24.3 Å². The summed E-state index contributed by atoms with van der Waals surface area (Å²) in [7, 11) is 1.64. The van der Waals surface area contributed by atoms with Gasteiger partial charge >= 0.3 is 0 Å². The van der Waals surface area contributed by atoms with Gasteiger partial charge in [-0.15, -0.1) is 0 Å². The fraction of sp³-hybridized carbons (Fsp3) is 0.562. The molecule has 0 aliphatic heterocycles. The van der Waals surface area contributed by atoms with Gasteiger partial charge in [0.15, 0.2) is 0 Å². The second-order valence-corrected chi connectivity index (χ2v) is 4.96. The van der Waals surface area contributed by atoms with E-state index in [-0.39, 0.29) is 0 Å². The highest BCUT2D eigenvalue weighted by Gasteiger charge is 2.21. The molecule has 1 aromatic rings. The molecule has 1 rings (SSSR count). The van der Waals surface area contributed by atoms with E-state index in [2.05, 4.69) is 11.4 Å². The van der Waals surface area contributed by atoms with Crippen molar-refractivity contribution < 1.29 is 9.47 Å². The van der Waals surface area contributed by atoms with Gasteiger partial charge in [-0.1, -0.05) is 13.0 Å². The SMILES string of the molecule is CCNC(C)(C#N)CCCCOc1cccc(OC)c1. The average Bonchev–Trinajstić information content (AvgIpc) is 2.47. The van der Waals surface area contributed by atoms with Crippen LogP contribution in [0.25, 0.3) is 0 Å². The van der Waals surface area contributed by atoms with Gasteiger partial charge in [0.05, 0.1) is 19.8 Å². The summed E-state index contributed by atoms with van der Waals surface area (Å²) in [6.45, 7) is 5.42. The summed E-state index contributed by atoms with van der Waals surface area (Å²) in [5, 5.41) is 12.4. The summed E-state index contributed by atoms with van der Waals surface area (Å²) in [6, 6.07) is 9.92. The van der Waals surface area contributed by atoms with Crippen molar-refractivity contribution in [3.05, 3.63) is 24.3 Å². The first kappa shape index (κ1) is 16.3. The third-order valence-corrected chi connectivity index (χ3v) is 3.19. The molecule has 0 saturated carbocycles. The highest BCUT2D eigenvalue weighted by atomic mass is 16.5. The maximum atomic E-state index is 9.15.